The average molecular weight is 494 g/mol. The van der Waals surface area contributed by atoms with Crippen LogP contribution in [0.15, 0.2) is 54.7 Å². The van der Waals surface area contributed by atoms with Gasteiger partial charge in [-0.2, -0.15) is 0 Å². The molecule has 0 spiro atoms. The Kier molecular flexibility index (Phi) is 6.93. The summed E-state index contributed by atoms with van der Waals surface area (Å²) < 4.78 is 18.2. The topological polar surface area (TPSA) is 91.7 Å². The molecule has 4 aromatic rings. The van der Waals surface area contributed by atoms with Crippen molar-refractivity contribution in [2.45, 2.75) is 13.5 Å². The number of carbonyl (C=O) groups is 2. The van der Waals surface area contributed by atoms with Gasteiger partial charge in [0, 0.05) is 35.2 Å². The number of amides is 1. The number of ether oxygens (including phenoxy) is 3. The van der Waals surface area contributed by atoms with Crippen LogP contribution < -0.4 is 19.5 Å². The maximum Gasteiger partial charge on any atom is 0.296 e. The van der Waals surface area contributed by atoms with Crippen LogP contribution in [0.1, 0.15) is 21.6 Å². The summed E-state index contributed by atoms with van der Waals surface area (Å²) in [5.74, 6) is -0.347. The molecular formula is C26H24ClN3O5. The van der Waals surface area contributed by atoms with Crippen LogP contribution >= 0.6 is 11.6 Å². The molecule has 0 aliphatic heterocycles. The number of rotatable bonds is 8. The molecule has 0 saturated carbocycles. The predicted molar refractivity (Wildman–Crippen MR) is 134 cm³/mol. The lowest BCUT2D eigenvalue weighted by atomic mass is 10.0. The van der Waals surface area contributed by atoms with Crippen molar-refractivity contribution < 1.29 is 23.8 Å². The number of nitrogens with zero attached hydrogens (tertiary/aromatic N) is 2. The summed E-state index contributed by atoms with van der Waals surface area (Å²) in [6, 6.07) is 14.2. The second-order valence-corrected chi connectivity index (χ2v) is 8.17. The Balaban J connectivity index is 1.83. The van der Waals surface area contributed by atoms with E-state index in [4.69, 9.17) is 25.8 Å². The predicted octanol–water partition coefficient (Wildman–Crippen LogP) is 4.89. The lowest BCUT2D eigenvalue weighted by Gasteiger charge is -2.11. The molecule has 2 heterocycles. The Morgan fingerprint density at radius 1 is 1.00 bits per heavy atom. The Bertz CT molecular complexity index is 1410. The molecule has 0 fully saturated rings. The van der Waals surface area contributed by atoms with E-state index in [0.29, 0.717) is 45.7 Å². The van der Waals surface area contributed by atoms with Crippen LogP contribution in [-0.4, -0.2) is 42.6 Å². The maximum absolute atomic E-state index is 13.5. The van der Waals surface area contributed by atoms with Crippen LogP contribution in [0.25, 0.3) is 10.9 Å². The van der Waals surface area contributed by atoms with Crippen LogP contribution in [0, 0.1) is 6.92 Å². The van der Waals surface area contributed by atoms with Gasteiger partial charge in [-0.05, 0) is 42.8 Å². The van der Waals surface area contributed by atoms with Gasteiger partial charge in [-0.1, -0.05) is 23.7 Å². The number of fused-ring (bicyclic) bond motifs is 1. The monoisotopic (exact) mass is 493 g/mol. The van der Waals surface area contributed by atoms with Crippen molar-refractivity contribution in [3.05, 3.63) is 76.6 Å². The fraction of sp³-hybridized carbons (Fsp3) is 0.192. The first-order valence-corrected chi connectivity index (χ1v) is 11.1. The highest BCUT2D eigenvalue weighted by molar-refractivity contribution is 6.49. The van der Waals surface area contributed by atoms with Gasteiger partial charge >= 0.3 is 0 Å². The summed E-state index contributed by atoms with van der Waals surface area (Å²) in [6.07, 6.45) is 1.48. The zero-order valence-corrected chi connectivity index (χ0v) is 20.5. The zero-order valence-electron chi connectivity index (χ0n) is 19.7. The van der Waals surface area contributed by atoms with Gasteiger partial charge < -0.3 is 24.1 Å². The lowest BCUT2D eigenvalue weighted by molar-refractivity contribution is -0.112. The van der Waals surface area contributed by atoms with E-state index in [9.17, 15) is 9.59 Å². The van der Waals surface area contributed by atoms with Crippen molar-refractivity contribution in [3.63, 3.8) is 0 Å². The molecule has 0 atom stereocenters. The van der Waals surface area contributed by atoms with Gasteiger partial charge in [0.1, 0.15) is 0 Å². The van der Waals surface area contributed by atoms with Crippen molar-refractivity contribution in [3.8, 4) is 17.4 Å². The number of ketones is 1. The molecule has 2 aromatic carbocycles. The third kappa shape index (κ3) is 4.65. The highest BCUT2D eigenvalue weighted by Gasteiger charge is 2.29. The molecule has 0 aliphatic rings. The third-order valence-corrected chi connectivity index (χ3v) is 5.97. The van der Waals surface area contributed by atoms with Crippen molar-refractivity contribution in [2.24, 2.45) is 0 Å². The van der Waals surface area contributed by atoms with E-state index in [2.05, 4.69) is 10.3 Å². The molecule has 8 nitrogen and oxygen atoms in total. The summed E-state index contributed by atoms with van der Waals surface area (Å²) in [5, 5.41) is 3.77. The fourth-order valence-corrected chi connectivity index (χ4v) is 4.16. The van der Waals surface area contributed by atoms with Crippen molar-refractivity contribution in [1.29, 1.82) is 0 Å². The number of hydrogen-bond acceptors (Lipinski definition) is 6. The summed E-state index contributed by atoms with van der Waals surface area (Å²) in [6.45, 7) is 2.27. The first kappa shape index (κ1) is 24.1. The smallest absolute Gasteiger partial charge is 0.296 e. The molecule has 0 aliphatic carbocycles. The van der Waals surface area contributed by atoms with Crippen molar-refractivity contribution in [1.82, 2.24) is 9.55 Å². The molecule has 0 bridgehead atoms. The van der Waals surface area contributed by atoms with Crippen LogP contribution in [-0.2, 0) is 11.3 Å². The van der Waals surface area contributed by atoms with Crippen LogP contribution in [0.2, 0.25) is 5.02 Å². The minimum absolute atomic E-state index is 0.239. The SMILES string of the molecule is COc1cc(NC(=O)C(=O)c2c(C)n(Cc3ccc(Cl)cc3)c3ccc(OC)c(OC)c23)ccn1. The Morgan fingerprint density at radius 2 is 1.74 bits per heavy atom. The molecular weight excluding hydrogens is 470 g/mol. The summed E-state index contributed by atoms with van der Waals surface area (Å²) in [5.41, 5.74) is 2.97. The molecule has 1 N–H and O–H groups in total. The number of aromatic nitrogens is 2. The maximum atomic E-state index is 13.5. The highest BCUT2D eigenvalue weighted by atomic mass is 35.5. The largest absolute Gasteiger partial charge is 0.493 e. The van der Waals surface area contributed by atoms with Gasteiger partial charge in [0.15, 0.2) is 11.5 Å². The van der Waals surface area contributed by atoms with Gasteiger partial charge in [0.2, 0.25) is 5.88 Å². The second-order valence-electron chi connectivity index (χ2n) is 7.74. The molecule has 0 radical (unpaired) electrons. The van der Waals surface area contributed by atoms with Gasteiger partial charge in [0.25, 0.3) is 11.7 Å². The minimum atomic E-state index is -0.795. The first-order valence-electron chi connectivity index (χ1n) is 10.7. The van der Waals surface area contributed by atoms with E-state index in [-0.39, 0.29) is 5.56 Å². The highest BCUT2D eigenvalue weighted by Crippen LogP contribution is 2.40. The third-order valence-electron chi connectivity index (χ3n) is 5.72. The van der Waals surface area contributed by atoms with E-state index < -0.39 is 11.7 Å². The van der Waals surface area contributed by atoms with E-state index in [1.807, 2.05) is 34.9 Å². The number of anilines is 1. The number of benzene rings is 2. The lowest BCUT2D eigenvalue weighted by Crippen LogP contribution is -2.23. The number of halogens is 1. The molecule has 9 heteroatoms. The van der Waals surface area contributed by atoms with Gasteiger partial charge in [-0.15, -0.1) is 0 Å². The Hall–Kier alpha value is -4.04. The number of Topliss-reactive ketones (excluding diaryl/α,β-unsaturated/α-hetero) is 1. The summed E-state index contributed by atoms with van der Waals surface area (Å²) in [7, 11) is 4.49. The van der Waals surface area contributed by atoms with E-state index in [0.717, 1.165) is 11.1 Å². The number of pyridine rings is 1. The quantitative estimate of drug-likeness (QED) is 0.277. The standard InChI is InChI=1S/C26H24ClN3O5/c1-15-22(24(31)26(32)29-18-11-12-28-21(13-18)34-3)23-19(9-10-20(33-2)25(23)35-4)30(15)14-16-5-7-17(27)8-6-16/h5-13H,14H2,1-4H3,(H,28,29,32). The summed E-state index contributed by atoms with van der Waals surface area (Å²) in [4.78, 5) is 30.6. The first-order chi connectivity index (χ1) is 16.9. The summed E-state index contributed by atoms with van der Waals surface area (Å²) >= 11 is 6.04. The molecule has 0 unspecified atom stereocenters. The van der Waals surface area contributed by atoms with E-state index in [1.165, 1.54) is 33.6 Å². The second kappa shape index (κ2) is 10.1. The van der Waals surface area contributed by atoms with Gasteiger partial charge in [-0.25, -0.2) is 4.98 Å². The Labute approximate surface area is 207 Å². The van der Waals surface area contributed by atoms with Crippen LogP contribution in [0.4, 0.5) is 5.69 Å². The number of methoxy groups -OCH3 is 3. The molecule has 0 saturated heterocycles. The van der Waals surface area contributed by atoms with Crippen molar-refractivity contribution in [2.75, 3.05) is 26.6 Å². The van der Waals surface area contributed by atoms with Gasteiger partial charge in [0.05, 0.1) is 37.8 Å². The molecule has 35 heavy (non-hydrogen) atoms. The molecule has 180 valence electrons. The number of nitrogens with one attached hydrogen (secondary N) is 1. The molecule has 2 aromatic heterocycles. The Morgan fingerprint density at radius 3 is 2.40 bits per heavy atom. The van der Waals surface area contributed by atoms with Crippen molar-refractivity contribution >= 4 is 39.9 Å². The average Bonchev–Trinajstić information content (AvgIpc) is 3.15. The number of carbonyl (C=O) groups excluding carboxylic acids is 2. The normalized spacial score (nSPS) is 10.8. The van der Waals surface area contributed by atoms with E-state index >= 15 is 0 Å². The molecule has 1 amide bonds. The zero-order chi connectivity index (χ0) is 25.1. The van der Waals surface area contributed by atoms with Gasteiger partial charge in [-0.3, -0.25) is 9.59 Å². The molecule has 4 rings (SSSR count). The number of hydrogen-bond donors (Lipinski definition) is 1. The van der Waals surface area contributed by atoms with Crippen LogP contribution in [0.3, 0.4) is 0 Å². The van der Waals surface area contributed by atoms with E-state index in [1.54, 1.807) is 19.1 Å². The van der Waals surface area contributed by atoms with Crippen LogP contribution in [0.5, 0.6) is 17.4 Å². The minimum Gasteiger partial charge on any atom is -0.493 e. The fourth-order valence-electron chi connectivity index (χ4n) is 4.03.